The van der Waals surface area contributed by atoms with Gasteiger partial charge in [0.2, 0.25) is 0 Å². The predicted molar refractivity (Wildman–Crippen MR) is 140 cm³/mol. The SMILES string of the molecule is CCNC(=NCc1ccc(OC)cc1OC)NCc1ccccc1-n1nc(C)cc1C.I. The molecule has 0 aliphatic carbocycles. The van der Waals surface area contributed by atoms with Gasteiger partial charge < -0.3 is 20.1 Å². The maximum absolute atomic E-state index is 5.49. The lowest BCUT2D eigenvalue weighted by atomic mass is 10.1. The second-order valence-corrected chi connectivity index (χ2v) is 7.19. The van der Waals surface area contributed by atoms with Gasteiger partial charge in [0.1, 0.15) is 11.5 Å². The van der Waals surface area contributed by atoms with Crippen LogP contribution in [0.5, 0.6) is 11.5 Å². The van der Waals surface area contributed by atoms with Crippen LogP contribution >= 0.6 is 24.0 Å². The van der Waals surface area contributed by atoms with Gasteiger partial charge in [-0.1, -0.05) is 18.2 Å². The third-order valence-corrected chi connectivity index (χ3v) is 4.92. The Kier molecular flexibility index (Phi) is 9.83. The van der Waals surface area contributed by atoms with Crippen molar-refractivity contribution in [2.24, 2.45) is 4.99 Å². The van der Waals surface area contributed by atoms with Gasteiger partial charge >= 0.3 is 0 Å². The van der Waals surface area contributed by atoms with Crippen molar-refractivity contribution in [1.29, 1.82) is 0 Å². The van der Waals surface area contributed by atoms with Crippen molar-refractivity contribution in [1.82, 2.24) is 20.4 Å². The highest BCUT2D eigenvalue weighted by Crippen LogP contribution is 2.25. The Bertz CT molecular complexity index is 1050. The summed E-state index contributed by atoms with van der Waals surface area (Å²) < 4.78 is 12.7. The minimum atomic E-state index is 0. The minimum Gasteiger partial charge on any atom is -0.497 e. The number of rotatable bonds is 8. The highest BCUT2D eigenvalue weighted by Gasteiger charge is 2.10. The highest BCUT2D eigenvalue weighted by molar-refractivity contribution is 14.0. The van der Waals surface area contributed by atoms with Crippen LogP contribution in [0.15, 0.2) is 53.5 Å². The Morgan fingerprint density at radius 2 is 1.78 bits per heavy atom. The highest BCUT2D eigenvalue weighted by atomic mass is 127. The summed E-state index contributed by atoms with van der Waals surface area (Å²) in [6, 6.07) is 16.1. The topological polar surface area (TPSA) is 72.7 Å². The first kappa shape index (κ1) is 25.5. The minimum absolute atomic E-state index is 0. The number of nitrogens with zero attached hydrogens (tertiary/aromatic N) is 3. The van der Waals surface area contributed by atoms with Crippen LogP contribution in [0.25, 0.3) is 5.69 Å². The molecule has 0 saturated carbocycles. The molecular formula is C24H32IN5O2. The second-order valence-electron chi connectivity index (χ2n) is 7.19. The predicted octanol–water partition coefficient (Wildman–Crippen LogP) is 4.38. The fourth-order valence-electron chi connectivity index (χ4n) is 3.41. The van der Waals surface area contributed by atoms with Gasteiger partial charge in [0.25, 0.3) is 0 Å². The number of aromatic nitrogens is 2. The molecule has 7 nitrogen and oxygen atoms in total. The molecule has 0 aliphatic heterocycles. The van der Waals surface area contributed by atoms with Gasteiger partial charge in [-0.15, -0.1) is 24.0 Å². The van der Waals surface area contributed by atoms with Crippen molar-refractivity contribution >= 4 is 29.9 Å². The first-order valence-electron chi connectivity index (χ1n) is 10.4. The van der Waals surface area contributed by atoms with E-state index in [2.05, 4.69) is 47.8 Å². The summed E-state index contributed by atoms with van der Waals surface area (Å²) in [7, 11) is 3.30. The van der Waals surface area contributed by atoms with E-state index in [4.69, 9.17) is 14.5 Å². The molecule has 8 heteroatoms. The molecule has 0 aliphatic rings. The van der Waals surface area contributed by atoms with E-state index in [1.165, 1.54) is 0 Å². The molecule has 0 fully saturated rings. The van der Waals surface area contributed by atoms with E-state index in [-0.39, 0.29) is 24.0 Å². The number of aryl methyl sites for hydroxylation is 2. The molecule has 0 radical (unpaired) electrons. The number of ether oxygens (including phenoxy) is 2. The molecule has 0 spiro atoms. The third kappa shape index (κ3) is 6.38. The van der Waals surface area contributed by atoms with Crippen LogP contribution in [-0.2, 0) is 13.1 Å². The molecule has 2 N–H and O–H groups in total. The van der Waals surface area contributed by atoms with Crippen LogP contribution in [-0.4, -0.2) is 36.5 Å². The van der Waals surface area contributed by atoms with Crippen molar-refractivity contribution in [3.8, 4) is 17.2 Å². The maximum Gasteiger partial charge on any atom is 0.191 e. The molecule has 0 bridgehead atoms. The number of para-hydroxylation sites is 1. The maximum atomic E-state index is 5.49. The monoisotopic (exact) mass is 549 g/mol. The van der Waals surface area contributed by atoms with Crippen LogP contribution in [0.1, 0.15) is 29.4 Å². The summed E-state index contributed by atoms with van der Waals surface area (Å²) in [5, 5.41) is 11.4. The summed E-state index contributed by atoms with van der Waals surface area (Å²) in [4.78, 5) is 4.74. The molecule has 0 unspecified atom stereocenters. The van der Waals surface area contributed by atoms with E-state index in [0.29, 0.717) is 13.1 Å². The van der Waals surface area contributed by atoms with Crippen LogP contribution in [0.2, 0.25) is 0 Å². The second kappa shape index (κ2) is 12.3. The molecule has 0 amide bonds. The third-order valence-electron chi connectivity index (χ3n) is 4.92. The molecule has 3 rings (SSSR count). The molecule has 3 aromatic rings. The van der Waals surface area contributed by atoms with Gasteiger partial charge in [-0.2, -0.15) is 5.10 Å². The zero-order valence-corrected chi connectivity index (χ0v) is 21.6. The number of halogens is 1. The van der Waals surface area contributed by atoms with E-state index in [1.54, 1.807) is 14.2 Å². The number of benzene rings is 2. The zero-order valence-electron chi connectivity index (χ0n) is 19.3. The first-order valence-corrected chi connectivity index (χ1v) is 10.4. The van der Waals surface area contributed by atoms with E-state index in [0.717, 1.165) is 52.2 Å². The van der Waals surface area contributed by atoms with Gasteiger partial charge in [0.15, 0.2) is 5.96 Å². The van der Waals surface area contributed by atoms with Gasteiger partial charge in [-0.05, 0) is 50.6 Å². The fourth-order valence-corrected chi connectivity index (χ4v) is 3.41. The lowest BCUT2D eigenvalue weighted by Crippen LogP contribution is -2.37. The normalized spacial score (nSPS) is 11.0. The van der Waals surface area contributed by atoms with Crippen molar-refractivity contribution in [2.75, 3.05) is 20.8 Å². The molecular weight excluding hydrogens is 517 g/mol. The smallest absolute Gasteiger partial charge is 0.191 e. The largest absolute Gasteiger partial charge is 0.497 e. The molecule has 2 aromatic carbocycles. The number of aliphatic imine (C=N–C) groups is 1. The summed E-state index contributed by atoms with van der Waals surface area (Å²) >= 11 is 0. The summed E-state index contributed by atoms with van der Waals surface area (Å²) in [5.41, 5.74) is 5.30. The molecule has 1 heterocycles. The summed E-state index contributed by atoms with van der Waals surface area (Å²) in [6.07, 6.45) is 0. The lowest BCUT2D eigenvalue weighted by molar-refractivity contribution is 0.391. The van der Waals surface area contributed by atoms with Crippen molar-refractivity contribution in [2.45, 2.75) is 33.9 Å². The number of nitrogens with one attached hydrogen (secondary N) is 2. The zero-order chi connectivity index (χ0) is 22.2. The van der Waals surface area contributed by atoms with Gasteiger partial charge in [0, 0.05) is 30.4 Å². The van der Waals surface area contributed by atoms with E-state index in [9.17, 15) is 0 Å². The molecule has 32 heavy (non-hydrogen) atoms. The Hall–Kier alpha value is -2.75. The number of guanidine groups is 1. The standard InChI is InChI=1S/C24H31N5O2.HI/c1-6-25-24(27-16-20-11-12-21(30-4)14-23(20)31-5)26-15-19-9-7-8-10-22(19)29-18(3)13-17(2)28-29;/h7-14H,6,15-16H2,1-5H3,(H2,25,26,27);1H. The van der Waals surface area contributed by atoms with Crippen molar-refractivity contribution in [3.63, 3.8) is 0 Å². The average molecular weight is 549 g/mol. The first-order chi connectivity index (χ1) is 15.0. The van der Waals surface area contributed by atoms with Crippen LogP contribution in [0.4, 0.5) is 0 Å². The van der Waals surface area contributed by atoms with Crippen molar-refractivity contribution in [3.05, 3.63) is 71.0 Å². The van der Waals surface area contributed by atoms with E-state index in [1.807, 2.05) is 41.9 Å². The van der Waals surface area contributed by atoms with Gasteiger partial charge in [0.05, 0.1) is 32.1 Å². The number of hydrogen-bond acceptors (Lipinski definition) is 4. The van der Waals surface area contributed by atoms with Crippen LogP contribution < -0.4 is 20.1 Å². The molecule has 0 saturated heterocycles. The Labute approximate surface area is 207 Å². The summed E-state index contributed by atoms with van der Waals surface area (Å²) in [5.74, 6) is 2.26. The quantitative estimate of drug-likeness (QED) is 0.248. The average Bonchev–Trinajstić information content (AvgIpc) is 3.13. The van der Waals surface area contributed by atoms with Crippen molar-refractivity contribution < 1.29 is 9.47 Å². The Morgan fingerprint density at radius 3 is 2.44 bits per heavy atom. The molecule has 1 aromatic heterocycles. The molecule has 0 atom stereocenters. The Balaban J connectivity index is 0.00000363. The number of methoxy groups -OCH3 is 2. The van der Waals surface area contributed by atoms with Gasteiger partial charge in [-0.25, -0.2) is 9.67 Å². The van der Waals surface area contributed by atoms with Crippen LogP contribution in [0, 0.1) is 13.8 Å². The molecule has 172 valence electrons. The van der Waals surface area contributed by atoms with Gasteiger partial charge in [-0.3, -0.25) is 0 Å². The fraction of sp³-hybridized carbons (Fsp3) is 0.333. The summed E-state index contributed by atoms with van der Waals surface area (Å²) in [6.45, 7) is 8.01. The Morgan fingerprint density at radius 1 is 1.00 bits per heavy atom. The van der Waals surface area contributed by atoms with Crippen LogP contribution in [0.3, 0.4) is 0 Å². The van der Waals surface area contributed by atoms with E-state index < -0.39 is 0 Å². The lowest BCUT2D eigenvalue weighted by Gasteiger charge is -2.15. The van der Waals surface area contributed by atoms with E-state index >= 15 is 0 Å². The number of hydrogen-bond donors (Lipinski definition) is 2.